The molecule has 0 bridgehead atoms. The number of hydrogen-bond donors (Lipinski definition) is 3. The number of nitrogens with one attached hydrogen (secondary N) is 2. The molecule has 0 spiro atoms. The molecule has 0 atom stereocenters. The van der Waals surface area contributed by atoms with E-state index in [9.17, 15) is 14.9 Å². The number of aromatic nitrogens is 2. The van der Waals surface area contributed by atoms with Gasteiger partial charge in [-0.25, -0.2) is 4.98 Å². The molecule has 9 nitrogen and oxygen atoms in total. The number of aryl methyl sites for hydroxylation is 1. The van der Waals surface area contributed by atoms with Gasteiger partial charge in [0.25, 0.3) is 0 Å². The highest BCUT2D eigenvalue weighted by molar-refractivity contribution is 5.73. The molecule has 0 aromatic carbocycles. The Hall–Kier alpha value is -2.45. The van der Waals surface area contributed by atoms with Gasteiger partial charge in [-0.3, -0.25) is 14.9 Å². The van der Waals surface area contributed by atoms with Crippen molar-refractivity contribution in [3.63, 3.8) is 0 Å². The summed E-state index contributed by atoms with van der Waals surface area (Å²) in [6.45, 7) is 4.54. The van der Waals surface area contributed by atoms with Crippen LogP contribution in [0, 0.1) is 17.0 Å². The summed E-state index contributed by atoms with van der Waals surface area (Å²) in [4.78, 5) is 29.4. The summed E-state index contributed by atoms with van der Waals surface area (Å²) in [5.74, 6) is 0.177. The summed E-state index contributed by atoms with van der Waals surface area (Å²) in [5.41, 5.74) is 5.21. The summed E-state index contributed by atoms with van der Waals surface area (Å²) in [6, 6.07) is 0. The van der Waals surface area contributed by atoms with Crippen LogP contribution in [0.2, 0.25) is 0 Å². The molecule has 116 valence electrons. The third-order valence-electron chi connectivity index (χ3n) is 2.72. The summed E-state index contributed by atoms with van der Waals surface area (Å²) >= 11 is 0. The molecule has 0 aliphatic heterocycles. The molecule has 9 heteroatoms. The van der Waals surface area contributed by atoms with Crippen molar-refractivity contribution in [2.45, 2.75) is 33.1 Å². The first-order valence-electron chi connectivity index (χ1n) is 6.74. The summed E-state index contributed by atoms with van der Waals surface area (Å²) in [5, 5.41) is 16.9. The van der Waals surface area contributed by atoms with E-state index in [0.717, 1.165) is 0 Å². The number of unbranched alkanes of at least 4 members (excludes halogenated alkanes) is 1. The van der Waals surface area contributed by atoms with Gasteiger partial charge in [0, 0.05) is 19.5 Å². The van der Waals surface area contributed by atoms with Crippen molar-refractivity contribution in [1.29, 1.82) is 0 Å². The number of nitrogens with zero attached hydrogens (tertiary/aromatic N) is 3. The van der Waals surface area contributed by atoms with Gasteiger partial charge in [0.2, 0.25) is 17.7 Å². The van der Waals surface area contributed by atoms with Gasteiger partial charge < -0.3 is 16.4 Å². The molecule has 1 rings (SSSR count). The molecule has 0 aliphatic rings. The van der Waals surface area contributed by atoms with Crippen LogP contribution in [0.15, 0.2) is 0 Å². The van der Waals surface area contributed by atoms with Crippen molar-refractivity contribution in [3.8, 4) is 0 Å². The second kappa shape index (κ2) is 7.98. The average molecular weight is 296 g/mol. The van der Waals surface area contributed by atoms with Crippen LogP contribution in [0.5, 0.6) is 0 Å². The minimum atomic E-state index is -0.503. The molecule has 0 saturated carbocycles. The molecule has 0 aliphatic carbocycles. The van der Waals surface area contributed by atoms with E-state index in [1.807, 2.05) is 6.92 Å². The fourth-order valence-corrected chi connectivity index (χ4v) is 1.78. The number of carbonyl (C=O) groups is 1. The van der Waals surface area contributed by atoms with Gasteiger partial charge >= 0.3 is 5.69 Å². The van der Waals surface area contributed by atoms with E-state index in [0.29, 0.717) is 44.0 Å². The van der Waals surface area contributed by atoms with E-state index in [4.69, 9.17) is 5.73 Å². The number of rotatable bonds is 9. The van der Waals surface area contributed by atoms with Crippen LogP contribution in [-0.2, 0) is 4.79 Å². The molecule has 21 heavy (non-hydrogen) atoms. The van der Waals surface area contributed by atoms with Crippen molar-refractivity contribution in [2.24, 2.45) is 5.73 Å². The molecule has 1 heterocycles. The van der Waals surface area contributed by atoms with Crippen molar-refractivity contribution < 1.29 is 9.72 Å². The van der Waals surface area contributed by atoms with Crippen LogP contribution in [0.25, 0.3) is 0 Å². The minimum absolute atomic E-state index is 0.133. The molecule has 0 saturated heterocycles. The highest BCUT2D eigenvalue weighted by Crippen LogP contribution is 2.26. The number of carbonyl (C=O) groups excluding carboxylic acids is 1. The van der Waals surface area contributed by atoms with Crippen LogP contribution >= 0.6 is 0 Å². The molecule has 1 aromatic rings. The van der Waals surface area contributed by atoms with E-state index in [2.05, 4.69) is 20.6 Å². The second-order valence-electron chi connectivity index (χ2n) is 4.47. The van der Waals surface area contributed by atoms with Crippen molar-refractivity contribution in [2.75, 3.05) is 23.7 Å². The van der Waals surface area contributed by atoms with Gasteiger partial charge in [0.05, 0.1) is 4.92 Å². The minimum Gasteiger partial charge on any atom is -0.370 e. The monoisotopic (exact) mass is 296 g/mol. The smallest absolute Gasteiger partial charge is 0.332 e. The normalized spacial score (nSPS) is 10.2. The first-order valence-corrected chi connectivity index (χ1v) is 6.74. The fourth-order valence-electron chi connectivity index (χ4n) is 1.78. The lowest BCUT2D eigenvalue weighted by atomic mass is 10.2. The summed E-state index contributed by atoms with van der Waals surface area (Å²) < 4.78 is 0. The molecule has 0 fully saturated rings. The number of hydrogen-bond acceptors (Lipinski definition) is 7. The Labute approximate surface area is 122 Å². The molecular weight excluding hydrogens is 276 g/mol. The number of primary amides is 1. The number of nitro groups is 1. The Balaban J connectivity index is 2.77. The number of nitrogens with two attached hydrogens (primary N) is 1. The summed E-state index contributed by atoms with van der Waals surface area (Å²) in [6.07, 6.45) is 1.59. The Morgan fingerprint density at radius 2 is 2.05 bits per heavy atom. The Kier molecular flexibility index (Phi) is 6.31. The van der Waals surface area contributed by atoms with Crippen LogP contribution in [0.1, 0.15) is 31.9 Å². The highest BCUT2D eigenvalue weighted by Gasteiger charge is 2.21. The quantitative estimate of drug-likeness (QED) is 0.353. The lowest BCUT2D eigenvalue weighted by molar-refractivity contribution is -0.385. The van der Waals surface area contributed by atoms with E-state index >= 15 is 0 Å². The molecule has 1 amide bonds. The van der Waals surface area contributed by atoms with Gasteiger partial charge in [0.15, 0.2) is 0 Å². The van der Waals surface area contributed by atoms with Crippen molar-refractivity contribution in [1.82, 2.24) is 9.97 Å². The van der Waals surface area contributed by atoms with Crippen molar-refractivity contribution in [3.05, 3.63) is 15.8 Å². The zero-order chi connectivity index (χ0) is 15.8. The van der Waals surface area contributed by atoms with E-state index in [1.54, 1.807) is 6.92 Å². The van der Waals surface area contributed by atoms with Gasteiger partial charge in [-0.15, -0.1) is 0 Å². The number of anilines is 2. The van der Waals surface area contributed by atoms with Crippen molar-refractivity contribution >= 4 is 23.4 Å². The third kappa shape index (κ3) is 5.21. The van der Waals surface area contributed by atoms with Gasteiger partial charge in [-0.1, -0.05) is 0 Å². The maximum absolute atomic E-state index is 11.1. The van der Waals surface area contributed by atoms with Crippen LogP contribution < -0.4 is 16.4 Å². The zero-order valence-electron chi connectivity index (χ0n) is 12.2. The average Bonchev–Trinajstić information content (AvgIpc) is 2.37. The van der Waals surface area contributed by atoms with Crippen LogP contribution in [0.3, 0.4) is 0 Å². The second-order valence-corrected chi connectivity index (χ2v) is 4.47. The molecule has 0 unspecified atom stereocenters. The molecule has 1 aromatic heterocycles. The van der Waals surface area contributed by atoms with E-state index in [1.165, 1.54) is 0 Å². The van der Waals surface area contributed by atoms with E-state index in [-0.39, 0.29) is 17.4 Å². The van der Waals surface area contributed by atoms with Gasteiger partial charge in [-0.05, 0) is 26.7 Å². The van der Waals surface area contributed by atoms with Crippen LogP contribution in [-0.4, -0.2) is 33.9 Å². The topological polar surface area (TPSA) is 136 Å². The lowest BCUT2D eigenvalue weighted by Crippen LogP contribution is -2.13. The highest BCUT2D eigenvalue weighted by atomic mass is 16.6. The summed E-state index contributed by atoms with van der Waals surface area (Å²) in [7, 11) is 0. The molecule has 0 radical (unpaired) electrons. The Morgan fingerprint density at radius 3 is 2.62 bits per heavy atom. The molecule has 4 N–H and O–H groups in total. The largest absolute Gasteiger partial charge is 0.370 e. The first kappa shape index (κ1) is 16.6. The predicted molar refractivity (Wildman–Crippen MR) is 79.1 cm³/mol. The first-order chi connectivity index (χ1) is 9.95. The SMILES string of the molecule is CCNc1nc(C)c([N+](=O)[O-])c(NCCCCC(N)=O)n1. The zero-order valence-corrected chi connectivity index (χ0v) is 12.2. The lowest BCUT2D eigenvalue weighted by Gasteiger charge is -2.09. The third-order valence-corrected chi connectivity index (χ3v) is 2.72. The maximum atomic E-state index is 11.1. The Morgan fingerprint density at radius 1 is 1.33 bits per heavy atom. The Bertz CT molecular complexity index is 520. The maximum Gasteiger partial charge on any atom is 0.332 e. The fraction of sp³-hybridized carbons (Fsp3) is 0.583. The van der Waals surface area contributed by atoms with Gasteiger partial charge in [0.1, 0.15) is 5.69 Å². The standard InChI is InChI=1S/C12H20N6O3/c1-3-14-12-16-8(2)10(18(20)21)11(17-12)15-7-5-4-6-9(13)19/h3-7H2,1-2H3,(H2,13,19)(H2,14,15,16,17). The van der Waals surface area contributed by atoms with E-state index < -0.39 is 4.92 Å². The number of amides is 1. The van der Waals surface area contributed by atoms with Crippen LogP contribution in [0.4, 0.5) is 17.5 Å². The molecular formula is C12H20N6O3. The predicted octanol–water partition coefficient (Wildman–Crippen LogP) is 1.19. The van der Waals surface area contributed by atoms with Gasteiger partial charge in [-0.2, -0.15) is 4.98 Å².